The summed E-state index contributed by atoms with van der Waals surface area (Å²) in [7, 11) is -3.69. The molecule has 0 radical (unpaired) electrons. The number of anilines is 1. The SMILES string of the molecule is Cc1cc(NS(=O)(=O)c2ccccc2CN)ncc1Br. The minimum Gasteiger partial charge on any atom is -0.326 e. The molecule has 0 amide bonds. The second-order valence-corrected chi connectivity index (χ2v) is 6.74. The third-order valence-corrected chi connectivity index (χ3v) is 5.05. The molecule has 1 aromatic carbocycles. The number of aromatic nitrogens is 1. The van der Waals surface area contributed by atoms with Gasteiger partial charge >= 0.3 is 0 Å². The van der Waals surface area contributed by atoms with Crippen LogP contribution < -0.4 is 10.5 Å². The van der Waals surface area contributed by atoms with E-state index >= 15 is 0 Å². The van der Waals surface area contributed by atoms with Crippen LogP contribution in [0.15, 0.2) is 45.9 Å². The Morgan fingerprint density at radius 3 is 2.70 bits per heavy atom. The van der Waals surface area contributed by atoms with E-state index in [2.05, 4.69) is 25.6 Å². The number of benzene rings is 1. The zero-order valence-corrected chi connectivity index (χ0v) is 13.2. The maximum Gasteiger partial charge on any atom is 0.263 e. The molecule has 0 bridgehead atoms. The summed E-state index contributed by atoms with van der Waals surface area (Å²) in [6.07, 6.45) is 1.56. The van der Waals surface area contributed by atoms with Crippen molar-refractivity contribution in [1.82, 2.24) is 4.98 Å². The Morgan fingerprint density at radius 2 is 2.05 bits per heavy atom. The maximum absolute atomic E-state index is 12.4. The number of halogens is 1. The number of hydrogen-bond donors (Lipinski definition) is 2. The summed E-state index contributed by atoms with van der Waals surface area (Å²) in [5.41, 5.74) is 7.03. The molecule has 0 saturated carbocycles. The van der Waals surface area contributed by atoms with Gasteiger partial charge in [-0.1, -0.05) is 18.2 Å². The van der Waals surface area contributed by atoms with Crippen molar-refractivity contribution >= 4 is 31.8 Å². The van der Waals surface area contributed by atoms with Gasteiger partial charge in [0, 0.05) is 17.2 Å². The van der Waals surface area contributed by atoms with E-state index < -0.39 is 10.0 Å². The third kappa shape index (κ3) is 3.17. The Labute approximate surface area is 126 Å². The molecule has 106 valence electrons. The van der Waals surface area contributed by atoms with E-state index in [0.29, 0.717) is 5.56 Å². The molecule has 3 N–H and O–H groups in total. The molecule has 0 aliphatic carbocycles. The summed E-state index contributed by atoms with van der Waals surface area (Å²) in [6.45, 7) is 2.02. The van der Waals surface area contributed by atoms with Crippen LogP contribution in [0.3, 0.4) is 0 Å². The second-order valence-electron chi connectivity index (χ2n) is 4.24. The minimum absolute atomic E-state index is 0.157. The summed E-state index contributed by atoms with van der Waals surface area (Å²) in [6, 6.07) is 8.29. The lowest BCUT2D eigenvalue weighted by atomic mass is 10.2. The van der Waals surface area contributed by atoms with Crippen LogP contribution in [0.5, 0.6) is 0 Å². The lowest BCUT2D eigenvalue weighted by molar-refractivity contribution is 0.600. The highest BCUT2D eigenvalue weighted by atomic mass is 79.9. The molecule has 0 aliphatic rings. The summed E-state index contributed by atoms with van der Waals surface area (Å²) in [5.74, 6) is 0.275. The van der Waals surface area contributed by atoms with E-state index in [1.807, 2.05) is 6.92 Å². The zero-order chi connectivity index (χ0) is 14.8. The van der Waals surface area contributed by atoms with Crippen LogP contribution in [0.25, 0.3) is 0 Å². The van der Waals surface area contributed by atoms with Gasteiger partial charge in [0.2, 0.25) is 0 Å². The molecule has 2 rings (SSSR count). The van der Waals surface area contributed by atoms with Gasteiger partial charge in [-0.2, -0.15) is 0 Å². The Hall–Kier alpha value is -1.44. The molecular formula is C13H14BrN3O2S. The third-order valence-electron chi connectivity index (χ3n) is 2.77. The van der Waals surface area contributed by atoms with Crippen molar-refractivity contribution in [2.24, 2.45) is 5.73 Å². The summed E-state index contributed by atoms with van der Waals surface area (Å²) < 4.78 is 28.0. The molecule has 1 aromatic heterocycles. The second kappa shape index (κ2) is 5.90. The number of pyridine rings is 1. The molecule has 0 atom stereocenters. The molecule has 1 heterocycles. The number of nitrogens with zero attached hydrogens (tertiary/aromatic N) is 1. The normalized spacial score (nSPS) is 11.3. The monoisotopic (exact) mass is 355 g/mol. The van der Waals surface area contributed by atoms with Gasteiger partial charge in [-0.25, -0.2) is 13.4 Å². The molecule has 0 spiro atoms. The number of aryl methyl sites for hydroxylation is 1. The highest BCUT2D eigenvalue weighted by molar-refractivity contribution is 9.10. The van der Waals surface area contributed by atoms with Crippen molar-refractivity contribution in [2.45, 2.75) is 18.4 Å². The predicted molar refractivity (Wildman–Crippen MR) is 81.8 cm³/mol. The molecule has 5 nitrogen and oxygen atoms in total. The van der Waals surface area contributed by atoms with Crippen molar-refractivity contribution < 1.29 is 8.42 Å². The maximum atomic E-state index is 12.4. The summed E-state index contributed by atoms with van der Waals surface area (Å²) >= 11 is 3.32. The molecule has 0 unspecified atom stereocenters. The van der Waals surface area contributed by atoms with Crippen molar-refractivity contribution in [3.63, 3.8) is 0 Å². The highest BCUT2D eigenvalue weighted by Gasteiger charge is 2.18. The minimum atomic E-state index is -3.69. The number of nitrogens with two attached hydrogens (primary N) is 1. The van der Waals surface area contributed by atoms with Crippen LogP contribution >= 0.6 is 15.9 Å². The molecule has 20 heavy (non-hydrogen) atoms. The van der Waals surface area contributed by atoms with Gasteiger partial charge in [0.05, 0.1) is 4.90 Å². The van der Waals surface area contributed by atoms with Gasteiger partial charge in [-0.3, -0.25) is 4.72 Å². The van der Waals surface area contributed by atoms with E-state index in [1.54, 1.807) is 30.5 Å². The summed E-state index contributed by atoms with van der Waals surface area (Å²) in [5, 5.41) is 0. The molecule has 7 heteroatoms. The van der Waals surface area contributed by atoms with Crippen LogP contribution in [0, 0.1) is 6.92 Å². The van der Waals surface area contributed by atoms with Crippen molar-refractivity contribution in [3.8, 4) is 0 Å². The number of hydrogen-bond acceptors (Lipinski definition) is 4. The van der Waals surface area contributed by atoms with E-state index in [-0.39, 0.29) is 17.3 Å². The molecular weight excluding hydrogens is 342 g/mol. The Bertz CT molecular complexity index is 732. The molecule has 0 fully saturated rings. The first-order valence-electron chi connectivity index (χ1n) is 5.87. The first-order chi connectivity index (χ1) is 9.44. The van der Waals surface area contributed by atoms with Crippen LogP contribution in [0.2, 0.25) is 0 Å². The van der Waals surface area contributed by atoms with E-state index in [9.17, 15) is 8.42 Å². The van der Waals surface area contributed by atoms with Crippen LogP contribution in [0.1, 0.15) is 11.1 Å². The van der Waals surface area contributed by atoms with Crippen LogP contribution in [-0.2, 0) is 16.6 Å². The Morgan fingerprint density at radius 1 is 1.35 bits per heavy atom. The first-order valence-corrected chi connectivity index (χ1v) is 8.14. The van der Waals surface area contributed by atoms with Gasteiger partial charge in [-0.15, -0.1) is 0 Å². The average molecular weight is 356 g/mol. The van der Waals surface area contributed by atoms with Gasteiger partial charge in [0.15, 0.2) is 0 Å². The average Bonchev–Trinajstić information content (AvgIpc) is 2.42. The topological polar surface area (TPSA) is 85.1 Å². The fraction of sp³-hybridized carbons (Fsp3) is 0.154. The van der Waals surface area contributed by atoms with Crippen LogP contribution in [-0.4, -0.2) is 13.4 Å². The smallest absolute Gasteiger partial charge is 0.263 e. The van der Waals surface area contributed by atoms with Gasteiger partial charge in [0.1, 0.15) is 5.82 Å². The lowest BCUT2D eigenvalue weighted by Crippen LogP contribution is -2.17. The number of nitrogens with one attached hydrogen (secondary N) is 1. The standard InChI is InChI=1S/C13H14BrN3O2S/c1-9-6-13(16-8-11(9)14)17-20(18,19)12-5-3-2-4-10(12)7-15/h2-6,8H,7,15H2,1H3,(H,16,17). The first kappa shape index (κ1) is 15.0. The summed E-state index contributed by atoms with van der Waals surface area (Å²) in [4.78, 5) is 4.21. The van der Waals surface area contributed by atoms with Crippen LogP contribution in [0.4, 0.5) is 5.82 Å². The van der Waals surface area contributed by atoms with Gasteiger partial charge in [0.25, 0.3) is 10.0 Å². The van der Waals surface area contributed by atoms with Crippen molar-refractivity contribution in [1.29, 1.82) is 0 Å². The van der Waals surface area contributed by atoms with E-state index in [1.165, 1.54) is 6.07 Å². The number of rotatable bonds is 4. The molecule has 2 aromatic rings. The largest absolute Gasteiger partial charge is 0.326 e. The fourth-order valence-corrected chi connectivity index (χ4v) is 3.19. The predicted octanol–water partition coefficient (Wildman–Crippen LogP) is 2.41. The highest BCUT2D eigenvalue weighted by Crippen LogP contribution is 2.21. The Kier molecular flexibility index (Phi) is 4.42. The van der Waals surface area contributed by atoms with Crippen molar-refractivity contribution in [2.75, 3.05) is 4.72 Å². The van der Waals surface area contributed by atoms with E-state index in [4.69, 9.17) is 5.73 Å². The van der Waals surface area contributed by atoms with Gasteiger partial charge in [-0.05, 0) is 46.1 Å². The number of sulfonamides is 1. The Balaban J connectivity index is 2.38. The molecule has 0 aliphatic heterocycles. The fourth-order valence-electron chi connectivity index (χ4n) is 1.72. The van der Waals surface area contributed by atoms with Gasteiger partial charge < -0.3 is 5.73 Å². The quantitative estimate of drug-likeness (QED) is 0.881. The van der Waals surface area contributed by atoms with Crippen molar-refractivity contribution in [3.05, 3.63) is 52.1 Å². The van der Waals surface area contributed by atoms with E-state index in [0.717, 1.165) is 10.0 Å². The zero-order valence-electron chi connectivity index (χ0n) is 10.8. The molecule has 0 saturated heterocycles. The lowest BCUT2D eigenvalue weighted by Gasteiger charge is -2.11.